The van der Waals surface area contributed by atoms with Gasteiger partial charge >= 0.3 is 0 Å². The number of unbranched alkanes of at least 4 members (excludes halogenated alkanes) is 1. The Morgan fingerprint density at radius 1 is 0.639 bits per heavy atom. The van der Waals surface area contributed by atoms with Gasteiger partial charge in [0.2, 0.25) is 0 Å². The first-order valence-electron chi connectivity index (χ1n) is 24.5. The van der Waals surface area contributed by atoms with Crippen LogP contribution < -0.4 is 28.7 Å². The number of hydrogen-bond donors (Lipinski definition) is 0. The SMILES string of the molecule is COc1cc2c(cc1OCc1cc(COc3cc4c(cc3C)C(=O)N3c5ccccc5C[C@H]3C=N4)cc(OCCCCC(=NCC(=O)CCC(C)=O)c3ccccc3)c1)N=C[C@@H]1Cc3ccccc3N1C2=O. The minimum absolute atomic E-state index is 0.0129. The van der Waals surface area contributed by atoms with Crippen molar-refractivity contribution in [2.24, 2.45) is 15.0 Å². The normalized spacial score (nSPS) is 16.2. The van der Waals surface area contributed by atoms with E-state index in [0.29, 0.717) is 77.8 Å². The van der Waals surface area contributed by atoms with Crippen LogP contribution in [-0.4, -0.2) is 73.9 Å². The van der Waals surface area contributed by atoms with Crippen LogP contribution in [0.3, 0.4) is 0 Å². The zero-order chi connectivity index (χ0) is 49.7. The van der Waals surface area contributed by atoms with E-state index in [0.717, 1.165) is 56.9 Å². The summed E-state index contributed by atoms with van der Waals surface area (Å²) < 4.78 is 25.3. The van der Waals surface area contributed by atoms with Gasteiger partial charge in [0.15, 0.2) is 17.3 Å². The van der Waals surface area contributed by atoms with Crippen molar-refractivity contribution >= 4 is 64.3 Å². The molecule has 2 atom stereocenters. The van der Waals surface area contributed by atoms with Crippen LogP contribution in [0.2, 0.25) is 0 Å². The van der Waals surface area contributed by atoms with Gasteiger partial charge in [0.05, 0.1) is 54.8 Å². The standard InChI is InChI=1S/C59H55N5O8/c1-37-23-48-51(60-32-44-27-42-15-7-9-18-53(42)63(44)58(48)67)30-55(37)71-35-39-24-40(26-47(25-39)70-22-12-11-17-50(41-13-5-4-6-14-41)62-34-46(66)21-20-38(2)65)36-72-57-31-52-49(29-56(57)69-3)59(68)64-45(33-61-52)28-43-16-8-10-19-54(43)64/h4-10,13-16,18-19,23-26,29-33,44-45H,11-12,17,20-22,27-28,34-36H2,1-3H3/t44-,45-/m0/s1. The molecule has 0 aromatic heterocycles. The number of aryl methyl sites for hydroxylation is 1. The Balaban J connectivity index is 0.865. The van der Waals surface area contributed by atoms with Gasteiger partial charge in [-0.3, -0.25) is 39.2 Å². The molecule has 13 nitrogen and oxygen atoms in total. The van der Waals surface area contributed by atoms with Crippen molar-refractivity contribution in [3.8, 4) is 23.0 Å². The van der Waals surface area contributed by atoms with Crippen molar-refractivity contribution in [2.75, 3.05) is 30.1 Å². The maximum absolute atomic E-state index is 14.1. The molecule has 0 saturated carbocycles. The van der Waals surface area contributed by atoms with Crippen LogP contribution in [0.1, 0.15) is 93.1 Å². The summed E-state index contributed by atoms with van der Waals surface area (Å²) in [6.45, 7) is 4.19. The van der Waals surface area contributed by atoms with E-state index in [9.17, 15) is 19.2 Å². The average Bonchev–Trinajstić information content (AvgIpc) is 3.89. The van der Waals surface area contributed by atoms with Crippen LogP contribution in [0.15, 0.2) is 136 Å². The number of nitrogens with zero attached hydrogens (tertiary/aromatic N) is 5. The predicted molar refractivity (Wildman–Crippen MR) is 279 cm³/mol. The molecular formula is C59H55N5O8. The quantitative estimate of drug-likeness (QED) is 0.0575. The molecule has 10 rings (SSSR count). The van der Waals surface area contributed by atoms with Crippen molar-refractivity contribution in [3.63, 3.8) is 0 Å². The first-order chi connectivity index (χ1) is 35.1. The number of para-hydroxylation sites is 2. The molecule has 0 saturated heterocycles. The van der Waals surface area contributed by atoms with E-state index < -0.39 is 0 Å². The number of carbonyl (C=O) groups excluding carboxylic acids is 4. The molecule has 0 fully saturated rings. The van der Waals surface area contributed by atoms with Crippen molar-refractivity contribution in [3.05, 3.63) is 166 Å². The monoisotopic (exact) mass is 961 g/mol. The number of aliphatic imine (C=N–C) groups is 3. The fraction of sp³-hybridized carbons (Fsp3) is 0.271. The number of Topliss-reactive ketones (excluding diaryl/α,β-unsaturated/α-hetero) is 2. The topological polar surface area (TPSA) is 149 Å². The number of fused-ring (bicyclic) bond motifs is 8. The van der Waals surface area contributed by atoms with Crippen molar-refractivity contribution < 1.29 is 38.1 Å². The first-order valence-corrected chi connectivity index (χ1v) is 24.5. The molecule has 0 spiro atoms. The zero-order valence-corrected chi connectivity index (χ0v) is 40.6. The summed E-state index contributed by atoms with van der Waals surface area (Å²) >= 11 is 0. The van der Waals surface area contributed by atoms with Crippen LogP contribution in [-0.2, 0) is 35.6 Å². The lowest BCUT2D eigenvalue weighted by Gasteiger charge is -2.22. The summed E-state index contributed by atoms with van der Waals surface area (Å²) in [5.41, 5.74) is 10.3. The molecule has 4 heterocycles. The minimum Gasteiger partial charge on any atom is -0.494 e. The Hall–Kier alpha value is -8.19. The van der Waals surface area contributed by atoms with E-state index in [1.807, 2.05) is 127 Å². The third-order valence-corrected chi connectivity index (χ3v) is 13.5. The number of ketones is 2. The highest BCUT2D eigenvalue weighted by atomic mass is 16.5. The molecule has 0 unspecified atom stereocenters. The number of ether oxygens (including phenoxy) is 4. The Morgan fingerprint density at radius 2 is 1.22 bits per heavy atom. The fourth-order valence-corrected chi connectivity index (χ4v) is 9.80. The van der Waals surface area contributed by atoms with Crippen LogP contribution in [0, 0.1) is 6.92 Å². The molecule has 6 aromatic carbocycles. The molecule has 4 aliphatic rings. The molecule has 0 bridgehead atoms. The summed E-state index contributed by atoms with van der Waals surface area (Å²) in [4.78, 5) is 70.0. The second-order valence-electron chi connectivity index (χ2n) is 18.6. The van der Waals surface area contributed by atoms with E-state index in [1.54, 1.807) is 24.1 Å². The van der Waals surface area contributed by atoms with E-state index in [2.05, 4.69) is 6.07 Å². The number of methoxy groups -OCH3 is 1. The largest absolute Gasteiger partial charge is 0.494 e. The third-order valence-electron chi connectivity index (χ3n) is 13.5. The Morgan fingerprint density at radius 3 is 1.85 bits per heavy atom. The van der Waals surface area contributed by atoms with Crippen LogP contribution in [0.4, 0.5) is 22.7 Å². The van der Waals surface area contributed by atoms with Crippen LogP contribution in [0.5, 0.6) is 23.0 Å². The molecule has 72 heavy (non-hydrogen) atoms. The van der Waals surface area contributed by atoms with Crippen LogP contribution in [0.25, 0.3) is 0 Å². The number of hydrogen-bond acceptors (Lipinski definition) is 11. The van der Waals surface area contributed by atoms with Gasteiger partial charge in [0.25, 0.3) is 11.8 Å². The molecule has 0 aliphatic carbocycles. The molecule has 2 amide bonds. The summed E-state index contributed by atoms with van der Waals surface area (Å²) in [7, 11) is 1.55. The van der Waals surface area contributed by atoms with Crippen molar-refractivity contribution in [2.45, 2.75) is 84.1 Å². The Bertz CT molecular complexity index is 3180. The molecule has 4 aliphatic heterocycles. The predicted octanol–water partition coefficient (Wildman–Crippen LogP) is 10.7. The van der Waals surface area contributed by atoms with Gasteiger partial charge in [-0.05, 0) is 109 Å². The summed E-state index contributed by atoms with van der Waals surface area (Å²) in [5, 5.41) is 0. The number of anilines is 2. The number of benzene rings is 6. The fourth-order valence-electron chi connectivity index (χ4n) is 9.80. The van der Waals surface area contributed by atoms with Crippen molar-refractivity contribution in [1.29, 1.82) is 0 Å². The van der Waals surface area contributed by atoms with Gasteiger partial charge in [-0.25, -0.2) is 0 Å². The summed E-state index contributed by atoms with van der Waals surface area (Å²) in [6.07, 6.45) is 7.62. The molecule has 0 radical (unpaired) electrons. The number of carbonyl (C=O) groups is 4. The Labute approximate surface area is 418 Å². The smallest absolute Gasteiger partial charge is 0.261 e. The maximum Gasteiger partial charge on any atom is 0.261 e. The van der Waals surface area contributed by atoms with E-state index in [-0.39, 0.29) is 68.1 Å². The van der Waals surface area contributed by atoms with E-state index in [1.165, 1.54) is 6.92 Å². The van der Waals surface area contributed by atoms with Gasteiger partial charge in [-0.2, -0.15) is 0 Å². The number of rotatable bonds is 19. The van der Waals surface area contributed by atoms with Gasteiger partial charge < -0.3 is 23.7 Å². The maximum atomic E-state index is 14.1. The lowest BCUT2D eigenvalue weighted by molar-refractivity contribution is -0.122. The second kappa shape index (κ2) is 21.0. The lowest BCUT2D eigenvalue weighted by Crippen LogP contribution is -2.37. The molecule has 364 valence electrons. The first kappa shape index (κ1) is 47.5. The third kappa shape index (κ3) is 10.2. The van der Waals surface area contributed by atoms with Gasteiger partial charge in [-0.1, -0.05) is 66.7 Å². The molecule has 6 aromatic rings. The molecule has 0 N–H and O–H groups in total. The number of amides is 2. The highest BCUT2D eigenvalue weighted by Crippen LogP contribution is 2.42. The average molecular weight is 962 g/mol. The Kier molecular flexibility index (Phi) is 13.9. The van der Waals surface area contributed by atoms with Gasteiger partial charge in [-0.15, -0.1) is 0 Å². The van der Waals surface area contributed by atoms with Crippen LogP contribution >= 0.6 is 0 Å². The van der Waals surface area contributed by atoms with Gasteiger partial charge in [0.1, 0.15) is 30.5 Å². The molecular weight excluding hydrogens is 907 g/mol. The lowest BCUT2D eigenvalue weighted by atomic mass is 10.0. The summed E-state index contributed by atoms with van der Waals surface area (Å²) in [5.74, 6) is 1.77. The molecule has 13 heteroatoms. The minimum atomic E-state index is -0.194. The zero-order valence-electron chi connectivity index (χ0n) is 40.6. The highest BCUT2D eigenvalue weighted by molar-refractivity contribution is 6.16. The highest BCUT2D eigenvalue weighted by Gasteiger charge is 2.38. The van der Waals surface area contributed by atoms with E-state index in [4.69, 9.17) is 33.9 Å². The second-order valence-corrected chi connectivity index (χ2v) is 18.6. The van der Waals surface area contributed by atoms with Gasteiger partial charge in [0, 0.05) is 67.3 Å². The summed E-state index contributed by atoms with van der Waals surface area (Å²) in [6, 6.07) is 38.5. The van der Waals surface area contributed by atoms with E-state index >= 15 is 0 Å². The van der Waals surface area contributed by atoms with Crippen molar-refractivity contribution in [1.82, 2.24) is 0 Å².